The zero-order valence-corrected chi connectivity index (χ0v) is 11.6. The summed E-state index contributed by atoms with van der Waals surface area (Å²) < 4.78 is 2.08. The summed E-state index contributed by atoms with van der Waals surface area (Å²) >= 11 is 0. The smallest absolute Gasteiger partial charge is 0.220 e. The van der Waals surface area contributed by atoms with Crippen molar-refractivity contribution in [1.29, 1.82) is 0 Å². The summed E-state index contributed by atoms with van der Waals surface area (Å²) in [7, 11) is 2.04. The van der Waals surface area contributed by atoms with Crippen molar-refractivity contribution in [1.82, 2.24) is 19.8 Å². The Morgan fingerprint density at radius 3 is 2.79 bits per heavy atom. The summed E-state index contributed by atoms with van der Waals surface area (Å²) in [6.07, 6.45) is 8.88. The third-order valence-electron chi connectivity index (χ3n) is 4.56. The van der Waals surface area contributed by atoms with Crippen LogP contribution in [0.3, 0.4) is 0 Å². The van der Waals surface area contributed by atoms with Crippen molar-refractivity contribution in [2.45, 2.75) is 44.2 Å². The van der Waals surface area contributed by atoms with Crippen LogP contribution in [0.25, 0.3) is 0 Å². The number of imidazole rings is 1. The van der Waals surface area contributed by atoms with Crippen LogP contribution < -0.4 is 5.32 Å². The lowest BCUT2D eigenvalue weighted by molar-refractivity contribution is -0.126. The maximum absolute atomic E-state index is 11.6. The minimum atomic E-state index is 0.0907. The van der Waals surface area contributed by atoms with Gasteiger partial charge in [0.15, 0.2) is 0 Å². The molecule has 0 unspecified atom stereocenters. The molecule has 104 valence electrons. The second kappa shape index (κ2) is 4.96. The summed E-state index contributed by atoms with van der Waals surface area (Å²) in [5, 5.41) is 3.24. The molecule has 0 saturated carbocycles. The molecule has 0 radical (unpaired) electrons. The molecule has 3 heterocycles. The summed E-state index contributed by atoms with van der Waals surface area (Å²) in [4.78, 5) is 18.4. The van der Waals surface area contributed by atoms with Gasteiger partial charge in [-0.2, -0.15) is 0 Å². The summed E-state index contributed by atoms with van der Waals surface area (Å²) in [6.45, 7) is 3.01. The highest BCUT2D eigenvalue weighted by atomic mass is 16.1. The standard InChI is InChI=1S/C14H22N4O/c1-17-10-7-15-12(17)11-18-8-5-14(6-9-18)4-2-3-13(19)16-14/h7,10H,2-6,8-9,11H2,1H3,(H,16,19). The van der Waals surface area contributed by atoms with Gasteiger partial charge in [-0.3, -0.25) is 9.69 Å². The van der Waals surface area contributed by atoms with Gasteiger partial charge in [-0.05, 0) is 25.7 Å². The maximum atomic E-state index is 11.6. The first-order chi connectivity index (χ1) is 9.17. The molecular weight excluding hydrogens is 240 g/mol. The zero-order valence-electron chi connectivity index (χ0n) is 11.6. The van der Waals surface area contributed by atoms with Gasteiger partial charge in [0.2, 0.25) is 5.91 Å². The molecule has 1 amide bonds. The molecule has 1 aromatic heterocycles. The van der Waals surface area contributed by atoms with E-state index in [1.807, 2.05) is 19.4 Å². The number of nitrogens with zero attached hydrogens (tertiary/aromatic N) is 3. The van der Waals surface area contributed by atoms with E-state index in [2.05, 4.69) is 19.8 Å². The van der Waals surface area contributed by atoms with Crippen LogP contribution in [0.15, 0.2) is 12.4 Å². The number of hydrogen-bond acceptors (Lipinski definition) is 3. The predicted molar refractivity (Wildman–Crippen MR) is 72.4 cm³/mol. The molecule has 2 fully saturated rings. The molecule has 2 aliphatic rings. The molecule has 2 aliphatic heterocycles. The van der Waals surface area contributed by atoms with E-state index in [1.165, 1.54) is 0 Å². The van der Waals surface area contributed by atoms with E-state index in [-0.39, 0.29) is 11.4 Å². The fraction of sp³-hybridized carbons (Fsp3) is 0.714. The first-order valence-electron chi connectivity index (χ1n) is 7.16. The molecular formula is C14H22N4O. The van der Waals surface area contributed by atoms with Crippen molar-refractivity contribution < 1.29 is 4.79 Å². The Balaban J connectivity index is 1.57. The van der Waals surface area contributed by atoms with Gasteiger partial charge in [0.05, 0.1) is 6.54 Å². The minimum absolute atomic E-state index is 0.0907. The molecule has 19 heavy (non-hydrogen) atoms. The molecule has 0 atom stereocenters. The topological polar surface area (TPSA) is 50.2 Å². The fourth-order valence-electron chi connectivity index (χ4n) is 3.27. The van der Waals surface area contributed by atoms with E-state index in [0.29, 0.717) is 6.42 Å². The Bertz CT molecular complexity index is 460. The van der Waals surface area contributed by atoms with E-state index in [0.717, 1.165) is 51.1 Å². The SMILES string of the molecule is Cn1ccnc1CN1CCC2(CCCC(=O)N2)CC1. The summed E-state index contributed by atoms with van der Waals surface area (Å²) in [6, 6.07) is 0. The Labute approximate surface area is 114 Å². The number of likely N-dealkylation sites (tertiary alicyclic amines) is 1. The fourth-order valence-corrected chi connectivity index (χ4v) is 3.27. The Kier molecular flexibility index (Phi) is 3.31. The molecule has 0 aliphatic carbocycles. The number of rotatable bonds is 2. The van der Waals surface area contributed by atoms with Crippen LogP contribution in [0.4, 0.5) is 0 Å². The van der Waals surface area contributed by atoms with Crippen LogP contribution in [-0.4, -0.2) is 39.0 Å². The highest BCUT2D eigenvalue weighted by molar-refractivity contribution is 5.77. The Morgan fingerprint density at radius 2 is 2.16 bits per heavy atom. The monoisotopic (exact) mass is 262 g/mol. The maximum Gasteiger partial charge on any atom is 0.220 e. The number of aromatic nitrogens is 2. The largest absolute Gasteiger partial charge is 0.351 e. The van der Waals surface area contributed by atoms with Gasteiger partial charge >= 0.3 is 0 Å². The minimum Gasteiger partial charge on any atom is -0.351 e. The summed E-state index contributed by atoms with van der Waals surface area (Å²) in [5.41, 5.74) is 0.0907. The lowest BCUT2D eigenvalue weighted by Gasteiger charge is -2.44. The number of carbonyl (C=O) groups is 1. The third kappa shape index (κ3) is 2.66. The van der Waals surface area contributed by atoms with Crippen molar-refractivity contribution in [3.8, 4) is 0 Å². The lowest BCUT2D eigenvalue weighted by Crippen LogP contribution is -2.57. The molecule has 0 aromatic carbocycles. The number of carbonyl (C=O) groups excluding carboxylic acids is 1. The van der Waals surface area contributed by atoms with Crippen LogP contribution in [-0.2, 0) is 18.4 Å². The van der Waals surface area contributed by atoms with Crippen molar-refractivity contribution in [3.05, 3.63) is 18.2 Å². The molecule has 5 nitrogen and oxygen atoms in total. The number of aryl methyl sites for hydroxylation is 1. The van der Waals surface area contributed by atoms with Crippen LogP contribution >= 0.6 is 0 Å². The first-order valence-corrected chi connectivity index (χ1v) is 7.16. The van der Waals surface area contributed by atoms with Gasteiger partial charge in [0, 0.05) is 44.5 Å². The van der Waals surface area contributed by atoms with Crippen LogP contribution in [0.5, 0.6) is 0 Å². The van der Waals surface area contributed by atoms with E-state index in [1.54, 1.807) is 0 Å². The average molecular weight is 262 g/mol. The number of piperidine rings is 2. The van der Waals surface area contributed by atoms with Gasteiger partial charge < -0.3 is 9.88 Å². The van der Waals surface area contributed by atoms with Crippen molar-refractivity contribution >= 4 is 5.91 Å². The normalized spacial score (nSPS) is 23.5. The molecule has 1 aromatic rings. The second-order valence-corrected chi connectivity index (χ2v) is 5.91. The lowest BCUT2D eigenvalue weighted by atomic mass is 9.80. The molecule has 1 spiro atoms. The predicted octanol–water partition coefficient (Wildman–Crippen LogP) is 1.05. The van der Waals surface area contributed by atoms with Crippen molar-refractivity contribution in [2.75, 3.05) is 13.1 Å². The van der Waals surface area contributed by atoms with Gasteiger partial charge in [0.1, 0.15) is 5.82 Å². The van der Waals surface area contributed by atoms with E-state index >= 15 is 0 Å². The highest BCUT2D eigenvalue weighted by Crippen LogP contribution is 2.31. The van der Waals surface area contributed by atoms with Crippen LogP contribution in [0.1, 0.15) is 37.9 Å². The highest BCUT2D eigenvalue weighted by Gasteiger charge is 2.37. The van der Waals surface area contributed by atoms with Gasteiger partial charge in [-0.25, -0.2) is 4.98 Å². The number of nitrogens with one attached hydrogen (secondary N) is 1. The number of hydrogen-bond donors (Lipinski definition) is 1. The second-order valence-electron chi connectivity index (χ2n) is 5.91. The van der Waals surface area contributed by atoms with E-state index in [4.69, 9.17) is 0 Å². The average Bonchev–Trinajstić information content (AvgIpc) is 2.78. The molecule has 0 bridgehead atoms. The van der Waals surface area contributed by atoms with E-state index in [9.17, 15) is 4.79 Å². The van der Waals surface area contributed by atoms with Crippen molar-refractivity contribution in [3.63, 3.8) is 0 Å². The van der Waals surface area contributed by atoms with Crippen LogP contribution in [0, 0.1) is 0 Å². The van der Waals surface area contributed by atoms with Gasteiger partial charge in [-0.15, -0.1) is 0 Å². The molecule has 1 N–H and O–H groups in total. The Hall–Kier alpha value is -1.36. The summed E-state index contributed by atoms with van der Waals surface area (Å²) in [5.74, 6) is 1.35. The quantitative estimate of drug-likeness (QED) is 0.867. The van der Waals surface area contributed by atoms with Gasteiger partial charge in [0.25, 0.3) is 0 Å². The van der Waals surface area contributed by atoms with Crippen LogP contribution in [0.2, 0.25) is 0 Å². The molecule has 2 saturated heterocycles. The molecule has 5 heteroatoms. The Morgan fingerprint density at radius 1 is 1.37 bits per heavy atom. The number of amides is 1. The van der Waals surface area contributed by atoms with Gasteiger partial charge in [-0.1, -0.05) is 0 Å². The molecule has 3 rings (SSSR count). The zero-order chi connectivity index (χ0) is 13.3. The van der Waals surface area contributed by atoms with Crippen molar-refractivity contribution in [2.24, 2.45) is 7.05 Å². The third-order valence-corrected chi connectivity index (χ3v) is 4.56. The van der Waals surface area contributed by atoms with E-state index < -0.39 is 0 Å². The first kappa shape index (κ1) is 12.7.